The van der Waals surface area contributed by atoms with Crippen molar-refractivity contribution in [2.24, 2.45) is 5.41 Å². The average Bonchev–Trinajstić information content (AvgIpc) is 3.05. The van der Waals surface area contributed by atoms with E-state index in [0.29, 0.717) is 42.4 Å². The number of sulfonamides is 1. The van der Waals surface area contributed by atoms with Gasteiger partial charge in [0.05, 0.1) is 23.7 Å². The molecule has 0 radical (unpaired) electrons. The van der Waals surface area contributed by atoms with Crippen LogP contribution in [0.4, 0.5) is 5.00 Å². The van der Waals surface area contributed by atoms with Gasteiger partial charge in [-0.15, -0.1) is 11.3 Å². The maximum absolute atomic E-state index is 12.9. The quantitative estimate of drug-likeness (QED) is 0.614. The molecule has 2 aromatic rings. The van der Waals surface area contributed by atoms with Crippen molar-refractivity contribution >= 4 is 38.2 Å². The van der Waals surface area contributed by atoms with Gasteiger partial charge in [0.2, 0.25) is 15.9 Å². The molecule has 8 nitrogen and oxygen atoms in total. The number of esters is 1. The van der Waals surface area contributed by atoms with Crippen LogP contribution in [-0.4, -0.2) is 50.9 Å². The molecule has 33 heavy (non-hydrogen) atoms. The number of rotatable bonds is 6. The summed E-state index contributed by atoms with van der Waals surface area (Å²) in [6.45, 7) is 10.3. The topological polar surface area (TPSA) is 102 Å². The Morgan fingerprint density at radius 2 is 1.85 bits per heavy atom. The lowest BCUT2D eigenvalue weighted by Crippen LogP contribution is -2.40. The van der Waals surface area contributed by atoms with Crippen molar-refractivity contribution in [3.05, 3.63) is 45.8 Å². The number of aryl methyl sites for hydroxylation is 1. The highest BCUT2D eigenvalue weighted by atomic mass is 32.2. The van der Waals surface area contributed by atoms with Crippen molar-refractivity contribution in [3.8, 4) is 0 Å². The Balaban J connectivity index is 1.75. The first-order valence-corrected chi connectivity index (χ1v) is 12.9. The smallest absolute Gasteiger partial charge is 0.341 e. The van der Waals surface area contributed by atoms with Gasteiger partial charge in [-0.25, -0.2) is 13.2 Å². The second kappa shape index (κ2) is 9.92. The van der Waals surface area contributed by atoms with E-state index >= 15 is 0 Å². The van der Waals surface area contributed by atoms with Gasteiger partial charge < -0.3 is 14.8 Å². The average molecular weight is 495 g/mol. The molecule has 1 fully saturated rings. The van der Waals surface area contributed by atoms with Crippen molar-refractivity contribution in [1.29, 1.82) is 0 Å². The molecule has 1 saturated heterocycles. The molecular weight excluding hydrogens is 464 g/mol. The van der Waals surface area contributed by atoms with Gasteiger partial charge in [0.1, 0.15) is 11.6 Å². The number of benzene rings is 1. The number of anilines is 1. The van der Waals surface area contributed by atoms with Crippen LogP contribution in [0.3, 0.4) is 0 Å². The number of nitrogens with one attached hydrogen (secondary N) is 1. The Hall–Kier alpha value is -2.27. The number of hydrogen-bond donors (Lipinski definition) is 1. The Kier molecular flexibility index (Phi) is 7.62. The standard InChI is InChI=1S/C23H30N2O6S2/c1-15-16(2)32-20(24-22(27)23(3,4)5)19(15)21(26)31-14-17-7-6-8-18(13-17)33(28,29)25-9-11-30-12-10-25/h6-8,13H,9-12,14H2,1-5H3,(H,24,27). The van der Waals surface area contributed by atoms with Crippen LogP contribution in [0.1, 0.15) is 47.1 Å². The van der Waals surface area contributed by atoms with Crippen LogP contribution < -0.4 is 5.32 Å². The number of carbonyl (C=O) groups is 2. The van der Waals surface area contributed by atoms with Crippen molar-refractivity contribution in [2.75, 3.05) is 31.6 Å². The summed E-state index contributed by atoms with van der Waals surface area (Å²) in [6.07, 6.45) is 0. The Labute approximate surface area is 198 Å². The summed E-state index contributed by atoms with van der Waals surface area (Å²) in [5, 5.41) is 3.30. The van der Waals surface area contributed by atoms with Crippen molar-refractivity contribution < 1.29 is 27.5 Å². The molecule has 0 atom stereocenters. The van der Waals surface area contributed by atoms with E-state index in [9.17, 15) is 18.0 Å². The molecule has 0 aliphatic carbocycles. The summed E-state index contributed by atoms with van der Waals surface area (Å²) < 4.78 is 37.9. The van der Waals surface area contributed by atoms with Gasteiger partial charge in [0.15, 0.2) is 0 Å². The van der Waals surface area contributed by atoms with Gasteiger partial charge >= 0.3 is 5.97 Å². The summed E-state index contributed by atoms with van der Waals surface area (Å²) in [6, 6.07) is 6.39. The van der Waals surface area contributed by atoms with E-state index in [4.69, 9.17) is 9.47 Å². The van der Waals surface area contributed by atoms with Gasteiger partial charge in [-0.3, -0.25) is 4.79 Å². The second-order valence-corrected chi connectivity index (χ2v) is 12.1. The van der Waals surface area contributed by atoms with Gasteiger partial charge in [-0.2, -0.15) is 4.31 Å². The lowest BCUT2D eigenvalue weighted by Gasteiger charge is -2.26. The molecule has 0 spiro atoms. The molecule has 1 aromatic carbocycles. The van der Waals surface area contributed by atoms with Gasteiger partial charge in [-0.1, -0.05) is 32.9 Å². The zero-order valence-corrected chi connectivity index (χ0v) is 21.2. The van der Waals surface area contributed by atoms with Crippen LogP contribution in [0.5, 0.6) is 0 Å². The van der Waals surface area contributed by atoms with Crippen molar-refractivity contribution in [3.63, 3.8) is 0 Å². The molecule has 2 heterocycles. The lowest BCUT2D eigenvalue weighted by atomic mass is 9.96. The number of hydrogen-bond acceptors (Lipinski definition) is 7. The fraction of sp³-hybridized carbons (Fsp3) is 0.478. The number of nitrogens with zero attached hydrogens (tertiary/aromatic N) is 1. The van der Waals surface area contributed by atoms with Crippen LogP contribution in [0, 0.1) is 19.3 Å². The Morgan fingerprint density at radius 3 is 2.48 bits per heavy atom. The second-order valence-electron chi connectivity index (χ2n) is 8.93. The molecule has 0 bridgehead atoms. The van der Waals surface area contributed by atoms with E-state index < -0.39 is 21.4 Å². The first kappa shape index (κ1) is 25.4. The minimum absolute atomic E-state index is 0.0910. The molecule has 10 heteroatoms. The number of morpholine rings is 1. The normalized spacial score (nSPS) is 15.3. The Morgan fingerprint density at radius 1 is 1.18 bits per heavy atom. The minimum Gasteiger partial charge on any atom is -0.457 e. The van der Waals surface area contributed by atoms with Crippen molar-refractivity contribution in [1.82, 2.24) is 4.31 Å². The lowest BCUT2D eigenvalue weighted by molar-refractivity contribution is -0.123. The van der Waals surface area contributed by atoms with E-state index in [-0.39, 0.29) is 17.4 Å². The molecule has 180 valence electrons. The number of amides is 1. The summed E-state index contributed by atoms with van der Waals surface area (Å²) >= 11 is 1.33. The fourth-order valence-corrected chi connectivity index (χ4v) is 5.73. The van der Waals surface area contributed by atoms with Crippen LogP contribution in [0.2, 0.25) is 0 Å². The predicted molar refractivity (Wildman–Crippen MR) is 127 cm³/mol. The fourth-order valence-electron chi connectivity index (χ4n) is 3.20. The van der Waals surface area contributed by atoms with E-state index in [2.05, 4.69) is 5.32 Å². The Bertz CT molecular complexity index is 1140. The first-order valence-electron chi connectivity index (χ1n) is 10.7. The van der Waals surface area contributed by atoms with Gasteiger partial charge in [0, 0.05) is 23.4 Å². The highest BCUT2D eigenvalue weighted by Gasteiger charge is 2.28. The van der Waals surface area contributed by atoms with E-state index in [1.54, 1.807) is 32.9 Å². The SMILES string of the molecule is Cc1sc(NC(=O)C(C)(C)C)c(C(=O)OCc2cccc(S(=O)(=O)N3CCOCC3)c2)c1C. The number of carbonyl (C=O) groups excluding carboxylic acids is 2. The number of ether oxygens (including phenoxy) is 2. The molecule has 1 aromatic heterocycles. The zero-order valence-electron chi connectivity index (χ0n) is 19.6. The summed E-state index contributed by atoms with van der Waals surface area (Å²) in [4.78, 5) is 26.4. The molecule has 1 aliphatic rings. The van der Waals surface area contributed by atoms with Crippen molar-refractivity contribution in [2.45, 2.75) is 46.1 Å². The maximum atomic E-state index is 12.9. The third-order valence-electron chi connectivity index (χ3n) is 5.37. The third kappa shape index (κ3) is 5.81. The molecule has 0 saturated carbocycles. The van der Waals surface area contributed by atoms with Gasteiger partial charge in [0.25, 0.3) is 0 Å². The largest absolute Gasteiger partial charge is 0.457 e. The van der Waals surface area contributed by atoms with Crippen LogP contribution >= 0.6 is 11.3 Å². The van der Waals surface area contributed by atoms with E-state index in [1.807, 2.05) is 13.8 Å². The highest BCUT2D eigenvalue weighted by Crippen LogP contribution is 2.34. The van der Waals surface area contributed by atoms with Crippen LogP contribution in [0.15, 0.2) is 29.2 Å². The highest BCUT2D eigenvalue weighted by molar-refractivity contribution is 7.89. The summed E-state index contributed by atoms with van der Waals surface area (Å²) in [5.41, 5.74) is 1.02. The predicted octanol–water partition coefficient (Wildman–Crippen LogP) is 3.73. The van der Waals surface area contributed by atoms with Crippen LogP contribution in [0.25, 0.3) is 0 Å². The molecule has 3 rings (SSSR count). The molecule has 0 unspecified atom stereocenters. The van der Waals surface area contributed by atoms with E-state index in [0.717, 1.165) is 10.4 Å². The molecule has 1 amide bonds. The summed E-state index contributed by atoms with van der Waals surface area (Å²) in [7, 11) is -3.65. The minimum atomic E-state index is -3.65. The number of thiophene rings is 1. The third-order valence-corrected chi connectivity index (χ3v) is 8.39. The monoisotopic (exact) mass is 494 g/mol. The summed E-state index contributed by atoms with van der Waals surface area (Å²) in [5.74, 6) is -0.763. The first-order chi connectivity index (χ1) is 15.4. The molecule has 1 N–H and O–H groups in total. The molecular formula is C23H30N2O6S2. The van der Waals surface area contributed by atoms with Crippen LogP contribution in [-0.2, 0) is 30.9 Å². The van der Waals surface area contributed by atoms with E-state index in [1.165, 1.54) is 27.8 Å². The molecule has 1 aliphatic heterocycles. The van der Waals surface area contributed by atoms with Gasteiger partial charge in [-0.05, 0) is 37.1 Å². The zero-order chi connectivity index (χ0) is 24.4. The maximum Gasteiger partial charge on any atom is 0.341 e.